The lowest BCUT2D eigenvalue weighted by molar-refractivity contribution is -0.151. The summed E-state index contributed by atoms with van der Waals surface area (Å²) in [5.74, 6) is -1.61. The van der Waals surface area contributed by atoms with E-state index < -0.39 is 24.0 Å². The first kappa shape index (κ1) is 22.6. The molecule has 154 valence electrons. The molecule has 0 radical (unpaired) electrons. The standard InChI is InChI=1S/C21H23BrN2O5/c1-2-29-21(28)19(20(27)14-6-4-3-5-7-14)24-18(26)13-12-17(25)23-16-10-8-15(22)9-11-16/h3-11,19-20,27H,2,12-13H2,1H3,(H,23,25)(H,24,26)/t19-,20-/m1/s1. The number of carbonyl (C=O) groups excluding carboxylic acids is 3. The Morgan fingerprint density at radius 1 is 1.00 bits per heavy atom. The van der Waals surface area contributed by atoms with Gasteiger partial charge >= 0.3 is 5.97 Å². The number of halogens is 1. The largest absolute Gasteiger partial charge is 0.464 e. The monoisotopic (exact) mass is 462 g/mol. The highest BCUT2D eigenvalue weighted by molar-refractivity contribution is 9.10. The maximum atomic E-state index is 12.3. The number of aliphatic hydroxyl groups excluding tert-OH is 1. The zero-order valence-corrected chi connectivity index (χ0v) is 17.5. The minimum Gasteiger partial charge on any atom is -0.464 e. The Labute approximate surface area is 177 Å². The topological polar surface area (TPSA) is 105 Å². The minimum atomic E-state index is -1.27. The van der Waals surface area contributed by atoms with Crippen LogP contribution in [0.5, 0.6) is 0 Å². The molecule has 0 aliphatic rings. The molecule has 0 fully saturated rings. The van der Waals surface area contributed by atoms with Gasteiger partial charge in [-0.15, -0.1) is 0 Å². The molecule has 0 aliphatic heterocycles. The van der Waals surface area contributed by atoms with Gasteiger partial charge in [-0.25, -0.2) is 4.79 Å². The molecule has 29 heavy (non-hydrogen) atoms. The van der Waals surface area contributed by atoms with Crippen LogP contribution in [-0.4, -0.2) is 35.5 Å². The van der Waals surface area contributed by atoms with E-state index in [1.54, 1.807) is 61.5 Å². The van der Waals surface area contributed by atoms with Crippen LogP contribution in [0.3, 0.4) is 0 Å². The number of ether oxygens (including phenoxy) is 1. The van der Waals surface area contributed by atoms with Gasteiger partial charge in [0.15, 0.2) is 6.04 Å². The van der Waals surface area contributed by atoms with Crippen LogP contribution >= 0.6 is 15.9 Å². The van der Waals surface area contributed by atoms with E-state index in [1.807, 2.05) is 0 Å². The Bertz CT molecular complexity index is 827. The van der Waals surface area contributed by atoms with E-state index >= 15 is 0 Å². The number of hydrogen-bond acceptors (Lipinski definition) is 5. The van der Waals surface area contributed by atoms with E-state index in [-0.39, 0.29) is 25.4 Å². The van der Waals surface area contributed by atoms with Crippen LogP contribution in [0.4, 0.5) is 5.69 Å². The van der Waals surface area contributed by atoms with Crippen LogP contribution in [0.25, 0.3) is 0 Å². The first-order valence-corrected chi connectivity index (χ1v) is 9.94. The summed E-state index contributed by atoms with van der Waals surface area (Å²) in [4.78, 5) is 36.5. The molecule has 2 aromatic rings. The van der Waals surface area contributed by atoms with E-state index in [0.29, 0.717) is 11.3 Å². The van der Waals surface area contributed by atoms with Crippen molar-refractivity contribution >= 4 is 39.4 Å². The van der Waals surface area contributed by atoms with Crippen molar-refractivity contribution in [3.05, 3.63) is 64.6 Å². The second-order valence-corrected chi connectivity index (χ2v) is 7.12. The highest BCUT2D eigenvalue weighted by atomic mass is 79.9. The molecule has 2 rings (SSSR count). The van der Waals surface area contributed by atoms with E-state index in [2.05, 4.69) is 26.6 Å². The lowest BCUT2D eigenvalue weighted by Gasteiger charge is -2.22. The van der Waals surface area contributed by atoms with Crippen LogP contribution in [0.15, 0.2) is 59.1 Å². The molecule has 0 saturated carbocycles. The van der Waals surface area contributed by atoms with Crippen molar-refractivity contribution in [1.82, 2.24) is 5.32 Å². The molecule has 0 unspecified atom stereocenters. The lowest BCUT2D eigenvalue weighted by Crippen LogP contribution is -2.46. The molecular weight excluding hydrogens is 440 g/mol. The van der Waals surface area contributed by atoms with Crippen molar-refractivity contribution in [3.8, 4) is 0 Å². The van der Waals surface area contributed by atoms with Crippen molar-refractivity contribution in [2.45, 2.75) is 31.9 Å². The third-order valence-electron chi connectivity index (χ3n) is 4.02. The molecule has 0 saturated heterocycles. The highest BCUT2D eigenvalue weighted by Gasteiger charge is 2.31. The summed E-state index contributed by atoms with van der Waals surface area (Å²) in [6.45, 7) is 1.75. The quantitative estimate of drug-likeness (QED) is 0.496. The number of aliphatic hydroxyl groups is 1. The van der Waals surface area contributed by atoms with Gasteiger partial charge in [-0.05, 0) is 36.8 Å². The van der Waals surface area contributed by atoms with Gasteiger partial charge in [-0.2, -0.15) is 0 Å². The summed E-state index contributed by atoms with van der Waals surface area (Å²) in [6, 6.07) is 14.3. The molecular formula is C21H23BrN2O5. The number of hydrogen-bond donors (Lipinski definition) is 3. The van der Waals surface area contributed by atoms with Crippen LogP contribution in [0, 0.1) is 0 Å². The second kappa shape index (κ2) is 11.3. The summed E-state index contributed by atoms with van der Waals surface area (Å²) in [7, 11) is 0. The molecule has 0 spiro atoms. The van der Waals surface area contributed by atoms with Crippen LogP contribution in [0.2, 0.25) is 0 Å². The summed E-state index contributed by atoms with van der Waals surface area (Å²) in [6.07, 6.45) is -1.48. The normalized spacial score (nSPS) is 12.5. The number of anilines is 1. The van der Waals surface area contributed by atoms with Gasteiger partial charge in [0.25, 0.3) is 0 Å². The summed E-state index contributed by atoms with van der Waals surface area (Å²) >= 11 is 3.31. The van der Waals surface area contributed by atoms with Crippen LogP contribution < -0.4 is 10.6 Å². The second-order valence-electron chi connectivity index (χ2n) is 6.21. The lowest BCUT2D eigenvalue weighted by atomic mass is 10.0. The van der Waals surface area contributed by atoms with E-state index in [4.69, 9.17) is 4.74 Å². The first-order chi connectivity index (χ1) is 13.9. The van der Waals surface area contributed by atoms with E-state index in [1.165, 1.54) is 0 Å². The van der Waals surface area contributed by atoms with Crippen molar-refractivity contribution < 1.29 is 24.2 Å². The molecule has 0 aliphatic carbocycles. The fraction of sp³-hybridized carbons (Fsp3) is 0.286. The van der Waals surface area contributed by atoms with Crippen molar-refractivity contribution in [1.29, 1.82) is 0 Å². The van der Waals surface area contributed by atoms with Gasteiger partial charge < -0.3 is 20.5 Å². The number of carbonyl (C=O) groups is 3. The average molecular weight is 463 g/mol. The first-order valence-electron chi connectivity index (χ1n) is 9.15. The Hall–Kier alpha value is -2.71. The molecule has 0 bridgehead atoms. The van der Waals surface area contributed by atoms with Crippen LogP contribution in [0.1, 0.15) is 31.4 Å². The molecule has 3 N–H and O–H groups in total. The third-order valence-corrected chi connectivity index (χ3v) is 4.55. The van der Waals surface area contributed by atoms with Gasteiger partial charge in [-0.1, -0.05) is 46.3 Å². The Balaban J connectivity index is 1.93. The molecule has 2 atom stereocenters. The van der Waals surface area contributed by atoms with E-state index in [0.717, 1.165) is 4.47 Å². The zero-order chi connectivity index (χ0) is 21.2. The molecule has 2 aromatic carbocycles. The molecule has 7 nitrogen and oxygen atoms in total. The predicted molar refractivity (Wildman–Crippen MR) is 112 cm³/mol. The smallest absolute Gasteiger partial charge is 0.331 e. The molecule has 0 aromatic heterocycles. The summed E-state index contributed by atoms with van der Waals surface area (Å²) in [5, 5.41) is 15.7. The van der Waals surface area contributed by atoms with Crippen molar-refractivity contribution in [3.63, 3.8) is 0 Å². The summed E-state index contributed by atoms with van der Waals surface area (Å²) in [5.41, 5.74) is 1.08. The highest BCUT2D eigenvalue weighted by Crippen LogP contribution is 2.18. The number of amides is 2. The third kappa shape index (κ3) is 7.32. The number of rotatable bonds is 9. The maximum Gasteiger partial charge on any atom is 0.331 e. The SMILES string of the molecule is CCOC(=O)[C@H](NC(=O)CCC(=O)Nc1ccc(Br)cc1)[C@H](O)c1ccccc1. The van der Waals surface area contributed by atoms with Crippen molar-refractivity contribution in [2.24, 2.45) is 0 Å². The van der Waals surface area contributed by atoms with Crippen molar-refractivity contribution in [2.75, 3.05) is 11.9 Å². The number of benzene rings is 2. The van der Waals surface area contributed by atoms with E-state index in [9.17, 15) is 19.5 Å². The van der Waals surface area contributed by atoms with Crippen LogP contribution in [-0.2, 0) is 19.1 Å². The van der Waals surface area contributed by atoms with Gasteiger partial charge in [0.1, 0.15) is 6.10 Å². The molecule has 8 heteroatoms. The molecule has 2 amide bonds. The van der Waals surface area contributed by atoms with Gasteiger partial charge in [-0.3, -0.25) is 9.59 Å². The molecule has 0 heterocycles. The number of nitrogens with one attached hydrogen (secondary N) is 2. The average Bonchev–Trinajstić information content (AvgIpc) is 2.72. The van der Waals surface area contributed by atoms with Gasteiger partial charge in [0.2, 0.25) is 11.8 Å². The fourth-order valence-electron chi connectivity index (χ4n) is 2.57. The Morgan fingerprint density at radius 3 is 2.24 bits per heavy atom. The zero-order valence-electron chi connectivity index (χ0n) is 15.9. The fourth-order valence-corrected chi connectivity index (χ4v) is 2.84. The Morgan fingerprint density at radius 2 is 1.62 bits per heavy atom. The summed E-state index contributed by atoms with van der Waals surface area (Å²) < 4.78 is 5.85. The predicted octanol–water partition coefficient (Wildman–Crippen LogP) is 2.95. The Kier molecular flexibility index (Phi) is 8.82. The number of esters is 1. The van der Waals surface area contributed by atoms with Gasteiger partial charge in [0.05, 0.1) is 6.61 Å². The van der Waals surface area contributed by atoms with Gasteiger partial charge in [0, 0.05) is 23.0 Å². The maximum absolute atomic E-state index is 12.3. The minimum absolute atomic E-state index is 0.0706.